The van der Waals surface area contributed by atoms with E-state index in [2.05, 4.69) is 0 Å². The molecule has 1 rings (SSSR count). The first-order valence-electron chi connectivity index (χ1n) is 2.92. The number of benzene rings is 1. The number of nitrogens with two attached hydrogens (primary N) is 1. The molecule has 0 aliphatic carbocycles. The van der Waals surface area contributed by atoms with E-state index < -0.39 is 7.60 Å². The van der Waals surface area contributed by atoms with Crippen LogP contribution in [0.3, 0.4) is 0 Å². The fourth-order valence-electron chi connectivity index (χ4n) is 0.753. The minimum absolute atomic E-state index is 0. The van der Waals surface area contributed by atoms with E-state index in [1.807, 2.05) is 0 Å². The third kappa shape index (κ3) is 2.50. The summed E-state index contributed by atoms with van der Waals surface area (Å²) >= 11 is 0. The molecular weight excluding hydrogens is 200 g/mol. The molecule has 0 bridgehead atoms. The lowest BCUT2D eigenvalue weighted by atomic mass is 10.3. The predicted molar refractivity (Wildman–Crippen MR) is 49.8 cm³/mol. The highest BCUT2D eigenvalue weighted by Crippen LogP contribution is 2.35. The van der Waals surface area contributed by atoms with Gasteiger partial charge in [-0.2, -0.15) is 0 Å². The fraction of sp³-hybridized carbons (Fsp3) is 0. The fourth-order valence-corrected chi connectivity index (χ4v) is 1.44. The highest BCUT2D eigenvalue weighted by Gasteiger charge is 2.18. The number of halogens is 1. The van der Waals surface area contributed by atoms with E-state index in [-0.39, 0.29) is 23.4 Å². The first-order chi connectivity index (χ1) is 5.02. The normalized spacial score (nSPS) is 10.5. The highest BCUT2D eigenvalue weighted by molar-refractivity contribution is 7.60. The number of hydrogen-bond donors (Lipinski definition) is 3. The van der Waals surface area contributed by atoms with Gasteiger partial charge in [-0.3, -0.25) is 4.57 Å². The van der Waals surface area contributed by atoms with E-state index in [1.54, 1.807) is 6.07 Å². The Morgan fingerprint density at radius 1 is 1.25 bits per heavy atom. The van der Waals surface area contributed by atoms with Gasteiger partial charge in [0.2, 0.25) is 0 Å². The van der Waals surface area contributed by atoms with Crippen LogP contribution in [-0.2, 0) is 4.57 Å². The van der Waals surface area contributed by atoms with E-state index in [1.165, 1.54) is 18.2 Å². The zero-order valence-corrected chi connectivity index (χ0v) is 7.76. The molecule has 0 aliphatic heterocycles. The second kappa shape index (κ2) is 3.92. The molecule has 0 saturated carbocycles. The monoisotopic (exact) mass is 209 g/mol. The molecule has 0 amide bonds. The van der Waals surface area contributed by atoms with E-state index in [0.29, 0.717) is 0 Å². The topological polar surface area (TPSA) is 83.6 Å². The molecule has 0 aliphatic rings. The maximum Gasteiger partial charge on any atom is 0.358 e. The van der Waals surface area contributed by atoms with Gasteiger partial charge in [-0.25, -0.2) is 0 Å². The molecule has 68 valence electrons. The minimum atomic E-state index is -4.18. The standard InChI is InChI=1S/C6H8NO3P.ClH/c7-5-3-1-2-4-6(5)11(8,9)10;/h1-4H,7H2,(H2,8,9,10);1H. The zero-order chi connectivity index (χ0) is 8.48. The first kappa shape index (κ1) is 11.5. The van der Waals surface area contributed by atoms with Gasteiger partial charge < -0.3 is 15.5 Å². The molecule has 4 nitrogen and oxygen atoms in total. The Morgan fingerprint density at radius 2 is 1.75 bits per heavy atom. The third-order valence-electron chi connectivity index (χ3n) is 1.25. The predicted octanol–water partition coefficient (Wildman–Crippen LogP) is 0.494. The molecule has 0 spiro atoms. The second-order valence-electron chi connectivity index (χ2n) is 2.10. The van der Waals surface area contributed by atoms with Crippen LogP contribution in [0.2, 0.25) is 0 Å². The number of anilines is 1. The molecule has 1 aromatic rings. The summed E-state index contributed by atoms with van der Waals surface area (Å²) in [6.07, 6.45) is 0. The summed E-state index contributed by atoms with van der Waals surface area (Å²) in [6.45, 7) is 0. The smallest absolute Gasteiger partial charge is 0.358 e. The number of rotatable bonds is 1. The summed E-state index contributed by atoms with van der Waals surface area (Å²) in [7, 11) is -4.18. The van der Waals surface area contributed by atoms with Gasteiger partial charge in [0.05, 0.1) is 5.30 Å². The Labute approximate surface area is 76.0 Å². The second-order valence-corrected chi connectivity index (χ2v) is 3.67. The largest absolute Gasteiger partial charge is 0.398 e. The molecule has 0 radical (unpaired) electrons. The van der Waals surface area contributed by atoms with Gasteiger partial charge in [0.1, 0.15) is 0 Å². The van der Waals surface area contributed by atoms with E-state index in [9.17, 15) is 4.57 Å². The van der Waals surface area contributed by atoms with Crippen LogP contribution < -0.4 is 11.0 Å². The molecule has 6 heteroatoms. The van der Waals surface area contributed by atoms with E-state index in [4.69, 9.17) is 15.5 Å². The zero-order valence-electron chi connectivity index (χ0n) is 6.04. The Kier molecular flexibility index (Phi) is 3.74. The van der Waals surface area contributed by atoms with Crippen LogP contribution in [0, 0.1) is 0 Å². The molecule has 0 aromatic heterocycles. The minimum Gasteiger partial charge on any atom is -0.398 e. The Hall–Kier alpha value is -0.540. The average Bonchev–Trinajstić information content (AvgIpc) is 1.86. The molecule has 0 heterocycles. The Morgan fingerprint density at radius 3 is 2.08 bits per heavy atom. The quantitative estimate of drug-likeness (QED) is 0.464. The van der Waals surface area contributed by atoms with Gasteiger partial charge in [0, 0.05) is 5.69 Å². The molecule has 4 N–H and O–H groups in total. The third-order valence-corrected chi connectivity index (χ3v) is 2.29. The molecular formula is C6H9ClNO3P. The van der Waals surface area contributed by atoms with Gasteiger partial charge in [0.15, 0.2) is 0 Å². The number of nitrogen functional groups attached to an aromatic ring is 1. The molecule has 0 atom stereocenters. The van der Waals surface area contributed by atoms with Gasteiger partial charge in [0.25, 0.3) is 0 Å². The van der Waals surface area contributed by atoms with Crippen molar-refractivity contribution in [2.45, 2.75) is 0 Å². The molecule has 12 heavy (non-hydrogen) atoms. The van der Waals surface area contributed by atoms with Crippen molar-refractivity contribution in [3.8, 4) is 0 Å². The van der Waals surface area contributed by atoms with Gasteiger partial charge >= 0.3 is 7.60 Å². The average molecular weight is 210 g/mol. The number of para-hydroxylation sites is 1. The van der Waals surface area contributed by atoms with Crippen molar-refractivity contribution in [3.63, 3.8) is 0 Å². The first-order valence-corrected chi connectivity index (χ1v) is 4.53. The van der Waals surface area contributed by atoms with Gasteiger partial charge in [-0.1, -0.05) is 12.1 Å². The molecule has 1 aromatic carbocycles. The van der Waals surface area contributed by atoms with E-state index in [0.717, 1.165) is 0 Å². The maximum absolute atomic E-state index is 10.7. The summed E-state index contributed by atoms with van der Waals surface area (Å²) in [6, 6.07) is 5.92. The van der Waals surface area contributed by atoms with Crippen molar-refractivity contribution in [1.29, 1.82) is 0 Å². The van der Waals surface area contributed by atoms with Crippen molar-refractivity contribution in [3.05, 3.63) is 24.3 Å². The lowest BCUT2D eigenvalue weighted by Gasteiger charge is -2.05. The van der Waals surface area contributed by atoms with Gasteiger partial charge in [-0.05, 0) is 12.1 Å². The number of hydrogen-bond acceptors (Lipinski definition) is 2. The SMILES string of the molecule is Cl.Nc1ccccc1P(=O)(O)O. The highest BCUT2D eigenvalue weighted by atomic mass is 35.5. The maximum atomic E-state index is 10.7. The van der Waals surface area contributed by atoms with Gasteiger partial charge in [-0.15, -0.1) is 12.4 Å². The van der Waals surface area contributed by atoms with Crippen LogP contribution in [0.4, 0.5) is 5.69 Å². The lowest BCUT2D eigenvalue weighted by Crippen LogP contribution is -2.09. The molecule has 0 unspecified atom stereocenters. The van der Waals surface area contributed by atoms with E-state index >= 15 is 0 Å². The van der Waals surface area contributed by atoms with Crippen molar-refractivity contribution in [2.75, 3.05) is 5.73 Å². The van der Waals surface area contributed by atoms with Crippen LogP contribution in [0.25, 0.3) is 0 Å². The van der Waals surface area contributed by atoms with Crippen molar-refractivity contribution in [1.82, 2.24) is 0 Å². The van der Waals surface area contributed by atoms with Crippen LogP contribution in [0.5, 0.6) is 0 Å². The lowest BCUT2D eigenvalue weighted by molar-refractivity contribution is 0.387. The van der Waals surface area contributed by atoms with Crippen LogP contribution in [0.1, 0.15) is 0 Å². The van der Waals surface area contributed by atoms with Crippen molar-refractivity contribution in [2.24, 2.45) is 0 Å². The van der Waals surface area contributed by atoms with Crippen LogP contribution in [0.15, 0.2) is 24.3 Å². The molecule has 0 fully saturated rings. The Bertz CT molecular complexity index is 311. The molecule has 0 saturated heterocycles. The summed E-state index contributed by atoms with van der Waals surface area (Å²) < 4.78 is 10.7. The Balaban J connectivity index is 0.00000121. The summed E-state index contributed by atoms with van der Waals surface area (Å²) in [4.78, 5) is 17.4. The summed E-state index contributed by atoms with van der Waals surface area (Å²) in [5.41, 5.74) is 5.44. The van der Waals surface area contributed by atoms with Crippen LogP contribution >= 0.6 is 20.0 Å². The van der Waals surface area contributed by atoms with Crippen LogP contribution in [-0.4, -0.2) is 9.79 Å². The summed E-state index contributed by atoms with van der Waals surface area (Å²) in [5.74, 6) is 0. The van der Waals surface area contributed by atoms with Crippen molar-refractivity contribution >= 4 is 31.0 Å². The summed E-state index contributed by atoms with van der Waals surface area (Å²) in [5, 5.41) is -0.111. The van der Waals surface area contributed by atoms with Crippen molar-refractivity contribution < 1.29 is 14.4 Å².